The first-order valence-electron chi connectivity index (χ1n) is 13.3. The molecule has 0 unspecified atom stereocenters. The van der Waals surface area contributed by atoms with E-state index in [4.69, 9.17) is 21.1 Å². The number of hydrogen-bond donors (Lipinski definition) is 1. The summed E-state index contributed by atoms with van der Waals surface area (Å²) in [6.07, 6.45) is 5.50. The summed E-state index contributed by atoms with van der Waals surface area (Å²) in [6.45, 7) is 2.81. The fourth-order valence-corrected chi connectivity index (χ4v) is 6.13. The van der Waals surface area contributed by atoms with Gasteiger partial charge in [-0.05, 0) is 49.9 Å². The van der Waals surface area contributed by atoms with Crippen molar-refractivity contribution in [1.29, 1.82) is 0 Å². The number of nitrogens with one attached hydrogen (secondary N) is 1. The van der Waals surface area contributed by atoms with Crippen LogP contribution in [0.25, 0.3) is 0 Å². The minimum Gasteiger partial charge on any atom is -0.486 e. The largest absolute Gasteiger partial charge is 0.486 e. The van der Waals surface area contributed by atoms with Gasteiger partial charge in [-0.2, -0.15) is 0 Å². The normalized spacial score (nSPS) is 16.0. The molecule has 0 saturated heterocycles. The molecule has 2 amide bonds. The summed E-state index contributed by atoms with van der Waals surface area (Å²) < 4.78 is 37.7. The summed E-state index contributed by atoms with van der Waals surface area (Å²) >= 11 is 6.38. The van der Waals surface area contributed by atoms with Crippen molar-refractivity contribution in [3.8, 4) is 11.5 Å². The first kappa shape index (κ1) is 29.0. The maximum atomic E-state index is 13.5. The summed E-state index contributed by atoms with van der Waals surface area (Å²) in [5, 5.41) is 3.59. The van der Waals surface area contributed by atoms with Crippen molar-refractivity contribution >= 4 is 39.1 Å². The Balaban J connectivity index is 1.46. The smallest absolute Gasteiger partial charge is 0.242 e. The zero-order chi connectivity index (χ0) is 28.0. The summed E-state index contributed by atoms with van der Waals surface area (Å²) in [4.78, 5) is 28.1. The van der Waals surface area contributed by atoms with Crippen LogP contribution in [-0.4, -0.2) is 63.2 Å². The summed E-state index contributed by atoms with van der Waals surface area (Å²) in [5.41, 5.74) is 1.17. The molecule has 1 saturated carbocycles. The highest BCUT2D eigenvalue weighted by atomic mass is 35.5. The fraction of sp³-hybridized carbons (Fsp3) is 0.500. The molecule has 0 spiro atoms. The second-order valence-corrected chi connectivity index (χ2v) is 12.4. The molecule has 1 aliphatic carbocycles. The molecule has 1 heterocycles. The number of hydrogen-bond acceptors (Lipinski definition) is 6. The average Bonchev–Trinajstić information content (AvgIpc) is 3.42. The Morgan fingerprint density at radius 3 is 2.46 bits per heavy atom. The molecule has 9 nitrogen and oxygen atoms in total. The Labute approximate surface area is 235 Å². The van der Waals surface area contributed by atoms with E-state index in [0.29, 0.717) is 35.4 Å². The maximum absolute atomic E-state index is 13.5. The number of sulfonamides is 1. The molecule has 1 fully saturated rings. The lowest BCUT2D eigenvalue weighted by Gasteiger charge is -2.30. The van der Waals surface area contributed by atoms with E-state index in [-0.39, 0.29) is 43.8 Å². The third-order valence-electron chi connectivity index (χ3n) is 7.13. The first-order valence-corrected chi connectivity index (χ1v) is 15.6. The number of carbonyl (C=O) groups is 2. The number of benzene rings is 2. The van der Waals surface area contributed by atoms with Gasteiger partial charge >= 0.3 is 0 Å². The van der Waals surface area contributed by atoms with Crippen molar-refractivity contribution in [3.05, 3.63) is 53.1 Å². The molecule has 4 rings (SSSR count). The SMILES string of the molecule is C[C@@H](C(=O)NC1CCCC1)N(Cc1ccccc1Cl)C(=O)CCCN(c1ccc2c(c1)OCCO2)S(C)(=O)=O. The van der Waals surface area contributed by atoms with E-state index in [1.165, 1.54) is 9.21 Å². The molecule has 1 atom stereocenters. The van der Waals surface area contributed by atoms with E-state index in [0.717, 1.165) is 37.5 Å². The Kier molecular flexibility index (Phi) is 9.61. The van der Waals surface area contributed by atoms with Crippen molar-refractivity contribution in [2.75, 3.05) is 30.3 Å². The number of nitrogens with zero attached hydrogens (tertiary/aromatic N) is 2. The molecule has 212 valence electrons. The van der Waals surface area contributed by atoms with Gasteiger partial charge in [0, 0.05) is 36.6 Å². The number of fused-ring (bicyclic) bond motifs is 1. The highest BCUT2D eigenvalue weighted by molar-refractivity contribution is 7.92. The number of amides is 2. The topological polar surface area (TPSA) is 105 Å². The zero-order valence-electron chi connectivity index (χ0n) is 22.4. The van der Waals surface area contributed by atoms with Gasteiger partial charge in [-0.1, -0.05) is 42.6 Å². The van der Waals surface area contributed by atoms with E-state index in [1.807, 2.05) is 18.2 Å². The molecular weight excluding hydrogens is 542 g/mol. The predicted octanol–water partition coefficient (Wildman–Crippen LogP) is 4.13. The van der Waals surface area contributed by atoms with Crippen LogP contribution in [0.15, 0.2) is 42.5 Å². The molecule has 0 bridgehead atoms. The lowest BCUT2D eigenvalue weighted by molar-refractivity contribution is -0.140. The van der Waals surface area contributed by atoms with Gasteiger partial charge in [0.1, 0.15) is 19.3 Å². The Bertz CT molecular complexity index is 1280. The van der Waals surface area contributed by atoms with Crippen LogP contribution in [0.2, 0.25) is 5.02 Å². The third-order valence-corrected chi connectivity index (χ3v) is 8.70. The van der Waals surface area contributed by atoms with Gasteiger partial charge in [-0.25, -0.2) is 8.42 Å². The molecular formula is C28H36ClN3O6S. The minimum absolute atomic E-state index is 0.0576. The van der Waals surface area contributed by atoms with Crippen LogP contribution in [0, 0.1) is 0 Å². The Hall–Kier alpha value is -2.98. The zero-order valence-corrected chi connectivity index (χ0v) is 24.0. The van der Waals surface area contributed by atoms with Crippen LogP contribution >= 0.6 is 11.6 Å². The predicted molar refractivity (Wildman–Crippen MR) is 151 cm³/mol. The average molecular weight is 578 g/mol. The van der Waals surface area contributed by atoms with Gasteiger partial charge in [0.15, 0.2) is 11.5 Å². The Morgan fingerprint density at radius 1 is 1.08 bits per heavy atom. The van der Waals surface area contributed by atoms with Crippen molar-refractivity contribution in [2.24, 2.45) is 0 Å². The quantitative estimate of drug-likeness (QED) is 0.430. The number of rotatable bonds is 11. The summed E-state index contributed by atoms with van der Waals surface area (Å²) in [6, 6.07) is 11.6. The molecule has 1 aliphatic heterocycles. The van der Waals surface area contributed by atoms with Gasteiger partial charge in [-0.15, -0.1) is 0 Å². The second-order valence-electron chi connectivity index (χ2n) is 10.0. The standard InChI is InChI=1S/C28H36ClN3O6S/c1-20(28(34)30-22-9-4-5-10-22)31(19-21-8-3-6-11-24(21)29)27(33)12-7-15-32(39(2,35)36)23-13-14-25-26(18-23)38-17-16-37-25/h3,6,8,11,13-14,18,20,22H,4-5,7,9-10,12,15-17,19H2,1-2H3,(H,30,34)/t20-/m0/s1. The lowest BCUT2D eigenvalue weighted by atomic mass is 10.1. The number of ether oxygens (including phenoxy) is 2. The monoisotopic (exact) mass is 577 g/mol. The van der Waals surface area contributed by atoms with Crippen molar-refractivity contribution in [2.45, 2.75) is 64.1 Å². The van der Waals surface area contributed by atoms with Crippen molar-refractivity contribution in [3.63, 3.8) is 0 Å². The number of carbonyl (C=O) groups excluding carboxylic acids is 2. The van der Waals surface area contributed by atoms with Crippen LogP contribution in [0.4, 0.5) is 5.69 Å². The first-order chi connectivity index (χ1) is 18.6. The number of halogens is 1. The fourth-order valence-electron chi connectivity index (χ4n) is 4.98. The van der Waals surface area contributed by atoms with Crippen molar-refractivity contribution in [1.82, 2.24) is 10.2 Å². The maximum Gasteiger partial charge on any atom is 0.242 e. The van der Waals surface area contributed by atoms with E-state index in [2.05, 4.69) is 5.32 Å². The van der Waals surface area contributed by atoms with Gasteiger partial charge in [0.05, 0.1) is 11.9 Å². The molecule has 11 heteroatoms. The minimum atomic E-state index is -3.63. The Morgan fingerprint density at radius 2 is 1.77 bits per heavy atom. The van der Waals surface area contributed by atoms with Gasteiger partial charge < -0.3 is 19.7 Å². The lowest BCUT2D eigenvalue weighted by Crippen LogP contribution is -2.49. The van der Waals surface area contributed by atoms with Gasteiger partial charge in [0.25, 0.3) is 0 Å². The third kappa shape index (κ3) is 7.57. The van der Waals surface area contributed by atoms with Crippen LogP contribution in [0.3, 0.4) is 0 Å². The summed E-state index contributed by atoms with van der Waals surface area (Å²) in [5.74, 6) is 0.598. The van der Waals surface area contributed by atoms with E-state index in [9.17, 15) is 18.0 Å². The van der Waals surface area contributed by atoms with E-state index < -0.39 is 16.1 Å². The number of anilines is 1. The molecule has 1 N–H and O–H groups in total. The van der Waals surface area contributed by atoms with Gasteiger partial charge in [0.2, 0.25) is 21.8 Å². The van der Waals surface area contributed by atoms with Crippen molar-refractivity contribution < 1.29 is 27.5 Å². The highest BCUT2D eigenvalue weighted by Gasteiger charge is 2.29. The van der Waals surface area contributed by atoms with Gasteiger partial charge in [-0.3, -0.25) is 13.9 Å². The molecule has 0 aromatic heterocycles. The molecule has 2 aromatic carbocycles. The van der Waals surface area contributed by atoms with Crippen LogP contribution in [0.5, 0.6) is 11.5 Å². The van der Waals surface area contributed by atoms with E-state index in [1.54, 1.807) is 31.2 Å². The molecule has 39 heavy (non-hydrogen) atoms. The molecule has 0 radical (unpaired) electrons. The summed E-state index contributed by atoms with van der Waals surface area (Å²) in [7, 11) is -3.63. The van der Waals surface area contributed by atoms with Crippen LogP contribution < -0.4 is 19.1 Å². The second kappa shape index (κ2) is 12.9. The highest BCUT2D eigenvalue weighted by Crippen LogP contribution is 2.35. The van der Waals surface area contributed by atoms with E-state index >= 15 is 0 Å². The molecule has 2 aromatic rings. The molecule has 2 aliphatic rings. The van der Waals surface area contributed by atoms with Crippen LogP contribution in [0.1, 0.15) is 51.0 Å². The van der Waals surface area contributed by atoms with Crippen LogP contribution in [-0.2, 0) is 26.2 Å².